The van der Waals surface area contributed by atoms with Gasteiger partial charge in [-0.3, -0.25) is 14.6 Å². The van der Waals surface area contributed by atoms with E-state index >= 15 is 0 Å². The summed E-state index contributed by atoms with van der Waals surface area (Å²) in [6, 6.07) is 9.35. The van der Waals surface area contributed by atoms with Crippen molar-refractivity contribution in [2.75, 3.05) is 25.5 Å². The van der Waals surface area contributed by atoms with Gasteiger partial charge in [0.05, 0.1) is 30.1 Å². The van der Waals surface area contributed by atoms with Crippen molar-refractivity contribution in [1.82, 2.24) is 25.1 Å². The maximum absolute atomic E-state index is 13.5. The van der Waals surface area contributed by atoms with Crippen molar-refractivity contribution < 1.29 is 14.3 Å². The van der Waals surface area contributed by atoms with Crippen LogP contribution in [0.2, 0.25) is 0 Å². The number of likely N-dealkylation sites (tertiary alicyclic amines) is 1. The Balaban J connectivity index is 1.27. The molecule has 192 valence electrons. The zero-order chi connectivity index (χ0) is 25.5. The molecule has 4 aliphatic rings. The molecule has 2 fully saturated rings. The van der Waals surface area contributed by atoms with E-state index < -0.39 is 0 Å². The molecule has 1 saturated carbocycles. The van der Waals surface area contributed by atoms with Crippen LogP contribution in [0, 0.1) is 5.92 Å². The Labute approximate surface area is 215 Å². The molecular weight excluding hydrogens is 470 g/mol. The summed E-state index contributed by atoms with van der Waals surface area (Å²) < 4.78 is 7.08. The summed E-state index contributed by atoms with van der Waals surface area (Å²) in [6.45, 7) is 3.43. The number of nitrogens with one attached hydrogen (secondary N) is 2. The molecule has 0 spiro atoms. The van der Waals surface area contributed by atoms with E-state index in [9.17, 15) is 9.59 Å². The number of hydrogen-bond donors (Lipinski definition) is 2. The Morgan fingerprint density at radius 3 is 2.57 bits per heavy atom. The lowest BCUT2D eigenvalue weighted by molar-refractivity contribution is -0.133. The number of allylic oxidation sites excluding steroid dienone is 1. The van der Waals surface area contributed by atoms with E-state index in [1.807, 2.05) is 54.4 Å². The number of rotatable bonds is 6. The largest absolute Gasteiger partial charge is 0.497 e. The van der Waals surface area contributed by atoms with E-state index in [2.05, 4.69) is 15.7 Å². The Kier molecular flexibility index (Phi) is 6.03. The van der Waals surface area contributed by atoms with Gasteiger partial charge in [-0.05, 0) is 62.9 Å². The van der Waals surface area contributed by atoms with Crippen molar-refractivity contribution in [3.8, 4) is 11.4 Å². The predicted octanol–water partition coefficient (Wildman–Crippen LogP) is 2.95. The minimum Gasteiger partial charge on any atom is -0.497 e. The number of anilines is 1. The number of aromatic nitrogens is 2. The van der Waals surface area contributed by atoms with E-state index in [-0.39, 0.29) is 23.8 Å². The third-order valence-corrected chi connectivity index (χ3v) is 7.44. The minimum atomic E-state index is -0.226. The smallest absolute Gasteiger partial charge is 0.258 e. The maximum atomic E-state index is 13.5. The molecule has 1 aromatic carbocycles. The highest BCUT2D eigenvalue weighted by Crippen LogP contribution is 2.35. The number of aliphatic imine (C=N–C) groups is 1. The third-order valence-electron chi connectivity index (χ3n) is 7.44. The summed E-state index contributed by atoms with van der Waals surface area (Å²) >= 11 is 0. The van der Waals surface area contributed by atoms with Gasteiger partial charge in [-0.1, -0.05) is 0 Å². The summed E-state index contributed by atoms with van der Waals surface area (Å²) in [5.74, 6) is 2.47. The lowest BCUT2D eigenvalue weighted by atomic mass is 9.93. The van der Waals surface area contributed by atoms with Gasteiger partial charge in [-0.25, -0.2) is 15.1 Å². The Morgan fingerprint density at radius 2 is 1.86 bits per heavy atom. The minimum absolute atomic E-state index is 0.194. The van der Waals surface area contributed by atoms with Crippen LogP contribution in [0.4, 0.5) is 5.82 Å². The molecule has 3 aliphatic heterocycles. The van der Waals surface area contributed by atoms with Crippen molar-refractivity contribution >= 4 is 23.8 Å². The second-order valence-electron chi connectivity index (χ2n) is 9.97. The van der Waals surface area contributed by atoms with Crippen LogP contribution in [0.15, 0.2) is 59.0 Å². The molecule has 1 atom stereocenters. The molecule has 10 nitrogen and oxygen atoms in total. The van der Waals surface area contributed by atoms with Crippen LogP contribution in [-0.4, -0.2) is 64.0 Å². The number of benzene rings is 1. The van der Waals surface area contributed by atoms with Crippen molar-refractivity contribution in [3.05, 3.63) is 59.7 Å². The van der Waals surface area contributed by atoms with E-state index in [0.29, 0.717) is 23.1 Å². The molecule has 0 radical (unpaired) electrons. The van der Waals surface area contributed by atoms with Crippen LogP contribution in [0.25, 0.3) is 5.69 Å². The van der Waals surface area contributed by atoms with E-state index in [1.165, 1.54) is 0 Å². The first-order chi connectivity index (χ1) is 18.0. The first kappa shape index (κ1) is 23.5. The average molecular weight is 502 g/mol. The van der Waals surface area contributed by atoms with Crippen molar-refractivity contribution in [1.29, 1.82) is 0 Å². The number of nitrogens with zero attached hydrogens (tertiary/aromatic N) is 5. The van der Waals surface area contributed by atoms with Crippen LogP contribution in [0.1, 0.15) is 44.2 Å². The second kappa shape index (κ2) is 9.51. The molecule has 10 heteroatoms. The molecule has 0 bridgehead atoms. The molecule has 4 heterocycles. The van der Waals surface area contributed by atoms with Gasteiger partial charge in [0.15, 0.2) is 5.82 Å². The highest BCUT2D eigenvalue weighted by Gasteiger charge is 2.36. The van der Waals surface area contributed by atoms with Gasteiger partial charge in [0.1, 0.15) is 11.6 Å². The molecule has 1 saturated heterocycles. The highest BCUT2D eigenvalue weighted by atomic mass is 16.5. The van der Waals surface area contributed by atoms with Gasteiger partial charge in [-0.2, -0.15) is 5.10 Å². The van der Waals surface area contributed by atoms with Gasteiger partial charge < -0.3 is 15.0 Å². The number of hydrazine groups is 1. The standard InChI is InChI=1S/C27H31N7O3/c1-17-24(25-28-12-3-13-33(25)30-17)26(35)29-23-16-22(31-34(23)20-6-8-21(37-2)9-7-20)18-10-14-32(15-11-18)27(36)19-4-5-19/h3,6-9,12-13,16-19,30H,4-5,10-11,14-15H2,1-2H3,(H,29,35). The molecule has 1 aliphatic carbocycles. The summed E-state index contributed by atoms with van der Waals surface area (Å²) in [4.78, 5) is 32.4. The molecular formula is C27H31N7O3. The van der Waals surface area contributed by atoms with Gasteiger partial charge in [-0.15, -0.1) is 0 Å². The molecule has 6 rings (SSSR count). The topological polar surface area (TPSA) is 104 Å². The van der Waals surface area contributed by atoms with Crippen LogP contribution in [0.5, 0.6) is 5.75 Å². The number of ether oxygens (including phenoxy) is 1. The predicted molar refractivity (Wildman–Crippen MR) is 139 cm³/mol. The van der Waals surface area contributed by atoms with Crippen LogP contribution in [-0.2, 0) is 9.59 Å². The lowest BCUT2D eigenvalue weighted by Crippen LogP contribution is -2.38. The summed E-state index contributed by atoms with van der Waals surface area (Å²) in [7, 11) is 1.63. The van der Waals surface area contributed by atoms with Crippen LogP contribution < -0.4 is 15.5 Å². The fraction of sp³-hybridized carbons (Fsp3) is 0.407. The number of piperidine rings is 1. The highest BCUT2D eigenvalue weighted by molar-refractivity contribution is 6.05. The number of carbonyl (C=O) groups excluding carboxylic acids is 2. The summed E-state index contributed by atoms with van der Waals surface area (Å²) in [6.07, 6.45) is 9.12. The Bertz CT molecular complexity index is 1300. The zero-order valence-corrected chi connectivity index (χ0v) is 21.1. The maximum Gasteiger partial charge on any atom is 0.258 e. The van der Waals surface area contributed by atoms with E-state index in [4.69, 9.17) is 9.84 Å². The summed E-state index contributed by atoms with van der Waals surface area (Å²) in [5, 5.41) is 9.79. The summed E-state index contributed by atoms with van der Waals surface area (Å²) in [5.41, 5.74) is 5.55. The normalized spacial score (nSPS) is 21.4. The number of fused-ring (bicyclic) bond motifs is 1. The quantitative estimate of drug-likeness (QED) is 0.631. The molecule has 1 aromatic heterocycles. The fourth-order valence-electron chi connectivity index (χ4n) is 5.22. The number of methoxy groups -OCH3 is 1. The average Bonchev–Trinajstić information content (AvgIpc) is 3.61. The first-order valence-corrected chi connectivity index (χ1v) is 12.9. The first-order valence-electron chi connectivity index (χ1n) is 12.9. The van der Waals surface area contributed by atoms with Gasteiger partial charge in [0, 0.05) is 43.4 Å². The number of carbonyl (C=O) groups is 2. The Hall–Kier alpha value is -3.92. The van der Waals surface area contributed by atoms with Gasteiger partial charge in [0.25, 0.3) is 5.91 Å². The molecule has 2 aromatic rings. The third kappa shape index (κ3) is 4.53. The van der Waals surface area contributed by atoms with Gasteiger partial charge in [0.2, 0.25) is 5.91 Å². The zero-order valence-electron chi connectivity index (χ0n) is 21.1. The molecule has 37 heavy (non-hydrogen) atoms. The SMILES string of the molecule is COc1ccc(-n2nc(C3CCN(C(=O)C4CC4)CC3)cc2NC(=O)C2=C3N=CC=CN3NC2C)cc1. The molecule has 2 N–H and O–H groups in total. The number of amides is 2. The van der Waals surface area contributed by atoms with Crippen molar-refractivity contribution in [2.24, 2.45) is 10.9 Å². The second-order valence-corrected chi connectivity index (χ2v) is 9.97. The molecule has 2 amide bonds. The molecule has 1 unspecified atom stereocenters. The van der Waals surface area contributed by atoms with Crippen molar-refractivity contribution in [3.63, 3.8) is 0 Å². The van der Waals surface area contributed by atoms with Crippen LogP contribution in [0.3, 0.4) is 0 Å². The fourth-order valence-corrected chi connectivity index (χ4v) is 5.22. The number of hydrogen-bond acceptors (Lipinski definition) is 7. The lowest BCUT2D eigenvalue weighted by Gasteiger charge is -2.31. The Morgan fingerprint density at radius 1 is 1.11 bits per heavy atom. The van der Waals surface area contributed by atoms with E-state index in [0.717, 1.165) is 55.9 Å². The van der Waals surface area contributed by atoms with Gasteiger partial charge >= 0.3 is 0 Å². The van der Waals surface area contributed by atoms with Crippen LogP contribution >= 0.6 is 0 Å². The van der Waals surface area contributed by atoms with Crippen molar-refractivity contribution in [2.45, 2.75) is 44.6 Å². The van der Waals surface area contributed by atoms with E-state index in [1.54, 1.807) is 23.0 Å². The monoisotopic (exact) mass is 501 g/mol.